The molecule has 0 heterocycles. The van der Waals surface area contributed by atoms with Gasteiger partial charge < -0.3 is 15.4 Å². The molecule has 3 nitrogen and oxygen atoms in total. The number of halogens is 3. The zero-order valence-electron chi connectivity index (χ0n) is 18.6. The Morgan fingerprint density at radius 2 is 1.00 bits per heavy atom. The zero-order valence-corrected chi connectivity index (χ0v) is 18.6. The Labute approximate surface area is 197 Å². The van der Waals surface area contributed by atoms with E-state index in [9.17, 15) is 13.2 Å². The minimum atomic E-state index is -4.38. The van der Waals surface area contributed by atoms with Crippen molar-refractivity contribution in [3.8, 4) is 5.75 Å². The minimum absolute atomic E-state index is 0.223. The molecule has 0 spiro atoms. The first-order valence-electron chi connectivity index (χ1n) is 10.9. The van der Waals surface area contributed by atoms with Crippen LogP contribution in [0.3, 0.4) is 0 Å². The van der Waals surface area contributed by atoms with Gasteiger partial charge in [0.25, 0.3) is 0 Å². The Morgan fingerprint density at radius 3 is 1.38 bits per heavy atom. The van der Waals surface area contributed by atoms with Crippen LogP contribution in [-0.4, -0.2) is 7.11 Å². The summed E-state index contributed by atoms with van der Waals surface area (Å²) >= 11 is 0. The molecule has 4 rings (SSSR count). The second-order valence-electron chi connectivity index (χ2n) is 7.87. The number of hydrogen-bond donors (Lipinski definition) is 2. The highest BCUT2D eigenvalue weighted by molar-refractivity contribution is 5.53. The smallest absolute Gasteiger partial charge is 0.416 e. The first-order chi connectivity index (χ1) is 16.4. The van der Waals surface area contributed by atoms with Gasteiger partial charge in [0.1, 0.15) is 5.75 Å². The van der Waals surface area contributed by atoms with E-state index in [2.05, 4.69) is 10.6 Å². The van der Waals surface area contributed by atoms with Gasteiger partial charge in [0.15, 0.2) is 0 Å². The molecule has 0 unspecified atom stereocenters. The molecule has 0 aliphatic carbocycles. The van der Waals surface area contributed by atoms with E-state index >= 15 is 0 Å². The van der Waals surface area contributed by atoms with E-state index in [0.29, 0.717) is 5.69 Å². The lowest BCUT2D eigenvalue weighted by atomic mass is 9.92. The van der Waals surface area contributed by atoms with Crippen molar-refractivity contribution >= 4 is 11.4 Å². The average molecular weight is 463 g/mol. The summed E-state index contributed by atoms with van der Waals surface area (Å²) in [7, 11) is 1.62. The minimum Gasteiger partial charge on any atom is -0.497 e. The van der Waals surface area contributed by atoms with Gasteiger partial charge in [-0.3, -0.25) is 0 Å². The maximum Gasteiger partial charge on any atom is 0.416 e. The molecule has 0 aromatic heterocycles. The van der Waals surface area contributed by atoms with Crippen molar-refractivity contribution in [1.82, 2.24) is 0 Å². The van der Waals surface area contributed by atoms with Gasteiger partial charge >= 0.3 is 6.18 Å². The molecule has 6 heteroatoms. The molecule has 0 fully saturated rings. The Bertz CT molecular complexity index is 1160. The van der Waals surface area contributed by atoms with Gasteiger partial charge in [-0.15, -0.1) is 0 Å². The molecule has 34 heavy (non-hydrogen) atoms. The predicted octanol–water partition coefficient (Wildman–Crippen LogP) is 7.72. The predicted molar refractivity (Wildman–Crippen MR) is 130 cm³/mol. The van der Waals surface area contributed by atoms with Crippen molar-refractivity contribution in [2.45, 2.75) is 18.3 Å². The summed E-state index contributed by atoms with van der Waals surface area (Å²) < 4.78 is 44.4. The molecule has 0 amide bonds. The second kappa shape index (κ2) is 10.3. The molecule has 4 aromatic rings. The maximum absolute atomic E-state index is 13.1. The van der Waals surface area contributed by atoms with Gasteiger partial charge in [0.2, 0.25) is 0 Å². The van der Waals surface area contributed by atoms with Crippen LogP contribution in [0, 0.1) is 0 Å². The fourth-order valence-electron chi connectivity index (χ4n) is 3.84. The van der Waals surface area contributed by atoms with Crippen LogP contribution in [0.25, 0.3) is 0 Å². The summed E-state index contributed by atoms with van der Waals surface area (Å²) in [6.45, 7) is 0. The summed E-state index contributed by atoms with van der Waals surface area (Å²) in [4.78, 5) is 0. The van der Waals surface area contributed by atoms with Crippen LogP contribution in [-0.2, 0) is 6.18 Å². The summed E-state index contributed by atoms with van der Waals surface area (Å²) in [5.41, 5.74) is 2.85. The van der Waals surface area contributed by atoms with Gasteiger partial charge in [-0.25, -0.2) is 0 Å². The van der Waals surface area contributed by atoms with Crippen molar-refractivity contribution < 1.29 is 17.9 Å². The number of anilines is 2. The molecular weight excluding hydrogens is 437 g/mol. The lowest BCUT2D eigenvalue weighted by Gasteiger charge is -2.31. The monoisotopic (exact) mass is 462 g/mol. The van der Waals surface area contributed by atoms with Gasteiger partial charge in [0.05, 0.1) is 24.8 Å². The largest absolute Gasteiger partial charge is 0.497 e. The van der Waals surface area contributed by atoms with Crippen molar-refractivity contribution in [3.05, 3.63) is 126 Å². The van der Waals surface area contributed by atoms with Crippen LogP contribution >= 0.6 is 0 Å². The lowest BCUT2D eigenvalue weighted by molar-refractivity contribution is -0.137. The van der Waals surface area contributed by atoms with E-state index in [1.54, 1.807) is 7.11 Å². The van der Waals surface area contributed by atoms with E-state index in [1.165, 1.54) is 12.1 Å². The number of benzene rings is 4. The van der Waals surface area contributed by atoms with Crippen molar-refractivity contribution in [3.63, 3.8) is 0 Å². The highest BCUT2D eigenvalue weighted by atomic mass is 19.4. The van der Waals surface area contributed by atoms with Crippen LogP contribution in [0.1, 0.15) is 28.8 Å². The van der Waals surface area contributed by atoms with E-state index in [4.69, 9.17) is 4.74 Å². The van der Waals surface area contributed by atoms with Crippen LogP contribution in [0.4, 0.5) is 24.5 Å². The van der Waals surface area contributed by atoms with Crippen LogP contribution < -0.4 is 15.4 Å². The molecule has 0 radical (unpaired) electrons. The molecule has 0 saturated heterocycles. The summed E-state index contributed by atoms with van der Waals surface area (Å²) in [5, 5.41) is 7.06. The van der Waals surface area contributed by atoms with E-state index in [0.717, 1.165) is 34.7 Å². The number of nitrogens with one attached hydrogen (secondary N) is 2. The summed E-state index contributed by atoms with van der Waals surface area (Å²) in [5.74, 6) is 0.754. The SMILES string of the molecule is COc1ccc(N[C@H](c2ccccc2)[C@H](Nc2ccc(C(F)(F)F)cc2)c2ccccc2)cc1. The van der Waals surface area contributed by atoms with Crippen molar-refractivity contribution in [2.75, 3.05) is 17.7 Å². The van der Waals surface area contributed by atoms with Crippen molar-refractivity contribution in [1.29, 1.82) is 0 Å². The Balaban J connectivity index is 1.72. The van der Waals surface area contributed by atoms with E-state index < -0.39 is 11.7 Å². The fourth-order valence-corrected chi connectivity index (χ4v) is 3.84. The molecule has 174 valence electrons. The van der Waals surface area contributed by atoms with Gasteiger partial charge in [0, 0.05) is 11.4 Å². The molecule has 2 N–H and O–H groups in total. The Kier molecular flexibility index (Phi) is 7.07. The van der Waals surface area contributed by atoms with Crippen LogP contribution in [0.5, 0.6) is 5.75 Å². The first kappa shape index (κ1) is 23.2. The van der Waals surface area contributed by atoms with E-state index in [1.807, 2.05) is 84.9 Å². The second-order valence-corrected chi connectivity index (χ2v) is 7.87. The molecular formula is C28H25F3N2O. The lowest BCUT2D eigenvalue weighted by Crippen LogP contribution is -2.25. The quantitative estimate of drug-likeness (QED) is 0.281. The van der Waals surface area contributed by atoms with Crippen molar-refractivity contribution in [2.24, 2.45) is 0 Å². The van der Waals surface area contributed by atoms with Gasteiger partial charge in [-0.1, -0.05) is 60.7 Å². The number of rotatable bonds is 8. The first-order valence-corrected chi connectivity index (χ1v) is 10.9. The third-order valence-electron chi connectivity index (χ3n) is 5.60. The average Bonchev–Trinajstić information content (AvgIpc) is 2.87. The van der Waals surface area contributed by atoms with Gasteiger partial charge in [-0.2, -0.15) is 13.2 Å². The number of alkyl halides is 3. The van der Waals surface area contributed by atoms with Crippen LogP contribution in [0.2, 0.25) is 0 Å². The third-order valence-corrected chi connectivity index (χ3v) is 5.60. The van der Waals surface area contributed by atoms with Crippen LogP contribution in [0.15, 0.2) is 109 Å². The third kappa shape index (κ3) is 5.70. The zero-order chi connectivity index (χ0) is 24.0. The van der Waals surface area contributed by atoms with Gasteiger partial charge in [-0.05, 0) is 59.7 Å². The summed E-state index contributed by atoms with van der Waals surface area (Å²) in [6, 6.07) is 32.1. The topological polar surface area (TPSA) is 33.3 Å². The molecule has 0 aliphatic rings. The standard InChI is InChI=1S/C28H25F3N2O/c1-34-25-18-16-24(17-19-25)33-27(21-10-6-3-7-11-21)26(20-8-4-2-5-9-20)32-23-14-12-22(13-15-23)28(29,30)31/h2-19,26-27,32-33H,1H3/t26-,27-/m1/s1. The Hall–Kier alpha value is -3.93. The molecule has 4 aromatic carbocycles. The normalized spacial score (nSPS) is 13.1. The fraction of sp³-hybridized carbons (Fsp3) is 0.143. The number of ether oxygens (including phenoxy) is 1. The Morgan fingerprint density at radius 1 is 0.588 bits per heavy atom. The molecule has 0 bridgehead atoms. The molecule has 2 atom stereocenters. The maximum atomic E-state index is 13.1. The highest BCUT2D eigenvalue weighted by Gasteiger charge is 2.30. The summed E-state index contributed by atoms with van der Waals surface area (Å²) in [6.07, 6.45) is -4.38. The molecule has 0 aliphatic heterocycles. The highest BCUT2D eigenvalue weighted by Crippen LogP contribution is 2.36. The number of methoxy groups -OCH3 is 1. The molecule has 0 saturated carbocycles. The number of hydrogen-bond acceptors (Lipinski definition) is 3. The van der Waals surface area contributed by atoms with E-state index in [-0.39, 0.29) is 12.1 Å².